The van der Waals surface area contributed by atoms with Crippen molar-refractivity contribution >= 4 is 39.7 Å². The molecular weight excluding hydrogens is 749 g/mol. The second-order valence-corrected chi connectivity index (χ2v) is 18.0. The predicted octanol–water partition coefficient (Wildman–Crippen LogP) is 16.7. The van der Waals surface area contributed by atoms with Crippen LogP contribution in [0.2, 0.25) is 0 Å². The van der Waals surface area contributed by atoms with Gasteiger partial charge in [0.2, 0.25) is 0 Å². The maximum atomic E-state index is 2.58. The number of hydrogen-bond acceptors (Lipinski definition) is 2. The molecular formula is C60H50N2. The van der Waals surface area contributed by atoms with E-state index in [4.69, 9.17) is 0 Å². The fourth-order valence-corrected chi connectivity index (χ4v) is 10.6. The van der Waals surface area contributed by atoms with E-state index < -0.39 is 0 Å². The van der Waals surface area contributed by atoms with E-state index in [0.29, 0.717) is 0 Å². The largest absolute Gasteiger partial charge is 0.310 e. The number of para-hydroxylation sites is 2. The lowest BCUT2D eigenvalue weighted by Gasteiger charge is -2.34. The normalized spacial score (nSPS) is 15.1. The van der Waals surface area contributed by atoms with Crippen molar-refractivity contribution in [1.29, 1.82) is 0 Å². The highest BCUT2D eigenvalue weighted by Crippen LogP contribution is 2.62. The van der Waals surface area contributed by atoms with Crippen LogP contribution in [0.15, 0.2) is 212 Å². The highest BCUT2D eigenvalue weighted by atomic mass is 15.2. The van der Waals surface area contributed by atoms with Crippen molar-refractivity contribution in [2.75, 3.05) is 9.80 Å². The highest BCUT2D eigenvalue weighted by molar-refractivity contribution is 6.02. The third-order valence-corrected chi connectivity index (χ3v) is 13.7. The van der Waals surface area contributed by atoms with Crippen molar-refractivity contribution in [2.45, 2.75) is 51.4 Å². The Bertz CT molecular complexity index is 3010. The van der Waals surface area contributed by atoms with Crippen molar-refractivity contribution < 1.29 is 0 Å². The average Bonchev–Trinajstić information content (AvgIpc) is 3.70. The Morgan fingerprint density at radius 1 is 0.371 bits per heavy atom. The predicted molar refractivity (Wildman–Crippen MR) is 263 cm³/mol. The summed E-state index contributed by atoms with van der Waals surface area (Å²) < 4.78 is 0. The summed E-state index contributed by atoms with van der Waals surface area (Å²) in [6.45, 7) is 9.75. The van der Waals surface area contributed by atoms with Gasteiger partial charge < -0.3 is 9.80 Å². The summed E-state index contributed by atoms with van der Waals surface area (Å²) in [6, 6.07) is 71.3. The Morgan fingerprint density at radius 3 is 1.31 bits per heavy atom. The second-order valence-electron chi connectivity index (χ2n) is 18.0. The van der Waals surface area contributed by atoms with E-state index in [1.54, 1.807) is 0 Å². The van der Waals surface area contributed by atoms with Gasteiger partial charge in [0.05, 0.1) is 11.4 Å². The van der Waals surface area contributed by atoms with Crippen molar-refractivity contribution in [3.05, 3.63) is 234 Å². The summed E-state index contributed by atoms with van der Waals surface area (Å²) in [5.74, 6) is 0. The monoisotopic (exact) mass is 798 g/mol. The number of allylic oxidation sites excluding steroid dienone is 4. The molecule has 8 aromatic carbocycles. The Labute approximate surface area is 366 Å². The summed E-state index contributed by atoms with van der Waals surface area (Å²) in [7, 11) is 0. The molecule has 0 aliphatic heterocycles. The number of benzene rings is 8. The lowest BCUT2D eigenvalue weighted by atomic mass is 9.79. The van der Waals surface area contributed by atoms with Crippen LogP contribution in [0.25, 0.3) is 39.0 Å². The van der Waals surface area contributed by atoms with Crippen molar-refractivity contribution in [2.24, 2.45) is 0 Å². The zero-order valence-electron chi connectivity index (χ0n) is 35.9. The van der Waals surface area contributed by atoms with Crippen LogP contribution in [0.5, 0.6) is 0 Å². The maximum absolute atomic E-state index is 2.58. The number of fused-ring (bicyclic) bond motifs is 6. The number of nitrogens with zero attached hydrogens (tertiary/aromatic N) is 2. The standard InChI is InChI=1S/C60H50N2/c1-59(2)52-28-18-17-27-49(52)50-39-54-51(40-53(50)59)57-55(61(45-23-13-7-14-24-45)47-33-29-43(30-34-47)41-19-9-5-10-20-41)37-38-56(58(57)60(54,3)4)62(46-25-15-8-16-26-46)48-35-31-44(32-36-48)42-21-11-6-12-22-42/h5-16,19-40H,17-18H2,1-4H3. The van der Waals surface area contributed by atoms with Crippen LogP contribution in [0.1, 0.15) is 62.8 Å². The van der Waals surface area contributed by atoms with E-state index in [9.17, 15) is 0 Å². The van der Waals surface area contributed by atoms with Gasteiger partial charge in [0.15, 0.2) is 0 Å². The summed E-state index contributed by atoms with van der Waals surface area (Å²) in [5.41, 5.74) is 22.3. The Kier molecular flexibility index (Phi) is 9.02. The molecule has 0 saturated heterocycles. The molecule has 0 aromatic heterocycles. The molecule has 0 unspecified atom stereocenters. The Hall–Kier alpha value is -7.16. The van der Waals surface area contributed by atoms with Crippen LogP contribution in [0.4, 0.5) is 34.1 Å². The molecule has 8 aromatic rings. The molecule has 300 valence electrons. The molecule has 0 saturated carbocycles. The minimum absolute atomic E-state index is 0.0930. The summed E-state index contributed by atoms with van der Waals surface area (Å²) in [6.07, 6.45) is 7.19. The fourth-order valence-electron chi connectivity index (χ4n) is 10.6. The molecule has 2 heteroatoms. The third-order valence-electron chi connectivity index (χ3n) is 13.7. The van der Waals surface area contributed by atoms with E-state index in [-0.39, 0.29) is 10.8 Å². The maximum Gasteiger partial charge on any atom is 0.0544 e. The minimum atomic E-state index is -0.340. The first-order chi connectivity index (χ1) is 30.3. The van der Waals surface area contributed by atoms with Crippen LogP contribution in [0, 0.1) is 0 Å². The van der Waals surface area contributed by atoms with Crippen molar-refractivity contribution in [3.8, 4) is 33.4 Å². The first-order valence-electron chi connectivity index (χ1n) is 22.1. The van der Waals surface area contributed by atoms with Gasteiger partial charge in [-0.15, -0.1) is 0 Å². The third kappa shape index (κ3) is 6.08. The van der Waals surface area contributed by atoms with Gasteiger partial charge in [0.25, 0.3) is 0 Å². The van der Waals surface area contributed by atoms with Gasteiger partial charge in [0, 0.05) is 39.1 Å². The van der Waals surface area contributed by atoms with Gasteiger partial charge in [-0.25, -0.2) is 0 Å². The first-order valence-corrected chi connectivity index (χ1v) is 22.1. The van der Waals surface area contributed by atoms with Gasteiger partial charge >= 0.3 is 0 Å². The molecule has 0 spiro atoms. The number of anilines is 6. The van der Waals surface area contributed by atoms with Gasteiger partial charge in [-0.1, -0.05) is 161 Å². The van der Waals surface area contributed by atoms with Crippen molar-refractivity contribution in [1.82, 2.24) is 0 Å². The van der Waals surface area contributed by atoms with Crippen molar-refractivity contribution in [3.63, 3.8) is 0 Å². The molecule has 0 radical (unpaired) electrons. The quantitative estimate of drug-likeness (QED) is 0.151. The van der Waals surface area contributed by atoms with E-state index >= 15 is 0 Å². The van der Waals surface area contributed by atoms with Gasteiger partial charge in [-0.05, 0) is 147 Å². The second kappa shape index (κ2) is 14.8. The van der Waals surface area contributed by atoms with E-state index in [1.165, 1.54) is 78.2 Å². The molecule has 3 aliphatic rings. The number of hydrogen-bond donors (Lipinski definition) is 0. The molecule has 0 atom stereocenters. The highest BCUT2D eigenvalue weighted by Gasteiger charge is 2.46. The lowest BCUT2D eigenvalue weighted by Crippen LogP contribution is -2.21. The van der Waals surface area contributed by atoms with Crippen LogP contribution >= 0.6 is 0 Å². The van der Waals surface area contributed by atoms with Crippen LogP contribution in [-0.2, 0) is 10.8 Å². The molecule has 11 rings (SSSR count). The fraction of sp³-hybridized carbons (Fsp3) is 0.133. The average molecular weight is 799 g/mol. The molecule has 0 amide bonds. The lowest BCUT2D eigenvalue weighted by molar-refractivity contribution is 0.648. The smallest absolute Gasteiger partial charge is 0.0544 e. The summed E-state index contributed by atoms with van der Waals surface area (Å²) in [4.78, 5) is 4.96. The molecule has 0 fully saturated rings. The molecule has 62 heavy (non-hydrogen) atoms. The van der Waals surface area contributed by atoms with Crippen LogP contribution in [-0.4, -0.2) is 0 Å². The number of rotatable bonds is 8. The van der Waals surface area contributed by atoms with E-state index in [2.05, 4.69) is 244 Å². The summed E-state index contributed by atoms with van der Waals surface area (Å²) in [5, 5.41) is 0. The minimum Gasteiger partial charge on any atom is -0.310 e. The van der Waals surface area contributed by atoms with E-state index in [1.807, 2.05) is 0 Å². The zero-order valence-corrected chi connectivity index (χ0v) is 35.9. The molecule has 0 heterocycles. The van der Waals surface area contributed by atoms with Gasteiger partial charge in [0.1, 0.15) is 0 Å². The molecule has 0 bridgehead atoms. The zero-order chi connectivity index (χ0) is 42.0. The molecule has 0 N–H and O–H groups in total. The SMILES string of the molecule is CC1(C)C2=CCCC=C2c2cc3c(cc21)-c1c(N(c2ccccc2)c2ccc(-c4ccccc4)cc2)ccc(N(c2ccccc2)c2ccc(-c4ccccc4)cc2)c1C3(C)C. The van der Waals surface area contributed by atoms with E-state index in [0.717, 1.165) is 35.6 Å². The van der Waals surface area contributed by atoms with Gasteiger partial charge in [-0.2, -0.15) is 0 Å². The molecule has 2 nitrogen and oxygen atoms in total. The van der Waals surface area contributed by atoms with Gasteiger partial charge in [-0.3, -0.25) is 0 Å². The Morgan fingerprint density at radius 2 is 0.774 bits per heavy atom. The molecule has 3 aliphatic carbocycles. The first kappa shape index (κ1) is 37.8. The van der Waals surface area contributed by atoms with Crippen LogP contribution in [0.3, 0.4) is 0 Å². The van der Waals surface area contributed by atoms with Crippen LogP contribution < -0.4 is 9.80 Å². The Balaban J connectivity index is 1.18. The topological polar surface area (TPSA) is 6.48 Å². The summed E-state index contributed by atoms with van der Waals surface area (Å²) >= 11 is 0.